The summed E-state index contributed by atoms with van der Waals surface area (Å²) >= 11 is 0. The van der Waals surface area contributed by atoms with Gasteiger partial charge in [0.1, 0.15) is 12.9 Å². The SMILES string of the molecule is CCc1ncnc(N(CC(=O)O)CC(C)C)c1F. The van der Waals surface area contributed by atoms with Crippen LogP contribution in [-0.2, 0) is 11.2 Å². The first-order valence-electron chi connectivity index (χ1n) is 5.91. The first-order valence-corrected chi connectivity index (χ1v) is 5.91. The first kappa shape index (κ1) is 14.3. The molecule has 0 aliphatic carbocycles. The molecule has 1 aromatic rings. The molecule has 0 radical (unpaired) electrons. The maximum atomic E-state index is 14.1. The number of aliphatic carboxylic acids is 1. The number of halogens is 1. The van der Waals surface area contributed by atoms with Crippen LogP contribution in [0.1, 0.15) is 26.5 Å². The lowest BCUT2D eigenvalue weighted by molar-refractivity contribution is -0.135. The van der Waals surface area contributed by atoms with Gasteiger partial charge in [-0.1, -0.05) is 20.8 Å². The van der Waals surface area contributed by atoms with Crippen molar-refractivity contribution in [2.24, 2.45) is 5.92 Å². The van der Waals surface area contributed by atoms with Crippen LogP contribution in [0.15, 0.2) is 6.33 Å². The van der Waals surface area contributed by atoms with Crippen LogP contribution in [0.25, 0.3) is 0 Å². The lowest BCUT2D eigenvalue weighted by Crippen LogP contribution is -2.34. The summed E-state index contributed by atoms with van der Waals surface area (Å²) in [4.78, 5) is 20.0. The van der Waals surface area contributed by atoms with E-state index in [-0.39, 0.29) is 18.3 Å². The Morgan fingerprint density at radius 3 is 2.67 bits per heavy atom. The quantitative estimate of drug-likeness (QED) is 0.838. The van der Waals surface area contributed by atoms with Crippen LogP contribution in [0.2, 0.25) is 0 Å². The Labute approximate surface area is 106 Å². The number of carboxylic acids is 1. The highest BCUT2D eigenvalue weighted by Crippen LogP contribution is 2.19. The number of hydrogen-bond acceptors (Lipinski definition) is 4. The van der Waals surface area contributed by atoms with E-state index < -0.39 is 11.8 Å². The largest absolute Gasteiger partial charge is 0.480 e. The molecule has 0 fully saturated rings. The van der Waals surface area contributed by atoms with Crippen molar-refractivity contribution in [3.63, 3.8) is 0 Å². The maximum Gasteiger partial charge on any atom is 0.323 e. The zero-order valence-electron chi connectivity index (χ0n) is 10.9. The minimum atomic E-state index is -1.01. The monoisotopic (exact) mass is 255 g/mol. The number of anilines is 1. The Bertz CT molecular complexity index is 424. The van der Waals surface area contributed by atoms with E-state index in [4.69, 9.17) is 5.11 Å². The van der Waals surface area contributed by atoms with Crippen LogP contribution in [0.4, 0.5) is 10.2 Å². The molecule has 0 spiro atoms. The van der Waals surface area contributed by atoms with E-state index in [1.807, 2.05) is 13.8 Å². The van der Waals surface area contributed by atoms with Crippen LogP contribution >= 0.6 is 0 Å². The molecule has 0 saturated heterocycles. The molecule has 0 aliphatic rings. The molecule has 0 aromatic carbocycles. The summed E-state index contributed by atoms with van der Waals surface area (Å²) in [7, 11) is 0. The molecular formula is C12H18FN3O2. The van der Waals surface area contributed by atoms with Crippen LogP contribution < -0.4 is 4.90 Å². The predicted octanol–water partition coefficient (Wildman–Crippen LogP) is 1.73. The summed E-state index contributed by atoms with van der Waals surface area (Å²) in [5.41, 5.74) is 0.305. The molecule has 0 unspecified atom stereocenters. The molecule has 0 amide bonds. The standard InChI is InChI=1S/C12H18FN3O2/c1-4-9-11(13)12(15-7-14-9)16(5-8(2)3)6-10(17)18/h7-8H,4-6H2,1-3H3,(H,17,18). The smallest absolute Gasteiger partial charge is 0.323 e. The first-order chi connectivity index (χ1) is 8.45. The number of nitrogens with zero attached hydrogens (tertiary/aromatic N) is 3. The van der Waals surface area contributed by atoms with Crippen molar-refractivity contribution in [2.75, 3.05) is 18.0 Å². The second kappa shape index (κ2) is 6.28. The van der Waals surface area contributed by atoms with Gasteiger partial charge in [0.15, 0.2) is 11.6 Å². The number of aromatic nitrogens is 2. The summed E-state index contributed by atoms with van der Waals surface area (Å²) in [6.45, 7) is 5.83. The average Bonchev–Trinajstić information content (AvgIpc) is 2.27. The average molecular weight is 255 g/mol. The van der Waals surface area contributed by atoms with Crippen molar-refractivity contribution in [1.29, 1.82) is 0 Å². The molecule has 6 heteroatoms. The van der Waals surface area contributed by atoms with E-state index in [0.29, 0.717) is 18.7 Å². The molecule has 5 nitrogen and oxygen atoms in total. The van der Waals surface area contributed by atoms with E-state index in [0.717, 1.165) is 0 Å². The van der Waals surface area contributed by atoms with E-state index in [9.17, 15) is 9.18 Å². The zero-order chi connectivity index (χ0) is 13.7. The Balaban J connectivity index is 3.07. The molecule has 18 heavy (non-hydrogen) atoms. The normalized spacial score (nSPS) is 10.7. The fraction of sp³-hybridized carbons (Fsp3) is 0.583. The molecule has 1 N–H and O–H groups in total. The molecular weight excluding hydrogens is 237 g/mol. The topological polar surface area (TPSA) is 66.3 Å². The third kappa shape index (κ3) is 3.65. The van der Waals surface area contributed by atoms with Gasteiger partial charge in [0, 0.05) is 6.54 Å². The summed E-state index contributed by atoms with van der Waals surface area (Å²) in [5.74, 6) is -1.25. The van der Waals surface area contributed by atoms with Crippen molar-refractivity contribution >= 4 is 11.8 Å². The third-order valence-corrected chi connectivity index (χ3v) is 2.39. The van der Waals surface area contributed by atoms with Gasteiger partial charge in [0.2, 0.25) is 0 Å². The number of hydrogen-bond donors (Lipinski definition) is 1. The maximum absolute atomic E-state index is 14.1. The molecule has 0 saturated carbocycles. The Kier molecular flexibility index (Phi) is 5.00. The molecule has 0 aliphatic heterocycles. The van der Waals surface area contributed by atoms with Crippen LogP contribution in [-0.4, -0.2) is 34.1 Å². The van der Waals surface area contributed by atoms with E-state index in [2.05, 4.69) is 9.97 Å². The number of carbonyl (C=O) groups is 1. The van der Waals surface area contributed by atoms with Crippen LogP contribution in [0.3, 0.4) is 0 Å². The highest BCUT2D eigenvalue weighted by molar-refractivity contribution is 5.73. The summed E-state index contributed by atoms with van der Waals surface area (Å²) < 4.78 is 14.1. The fourth-order valence-corrected chi connectivity index (χ4v) is 1.69. The highest BCUT2D eigenvalue weighted by Gasteiger charge is 2.19. The minimum Gasteiger partial charge on any atom is -0.480 e. The van der Waals surface area contributed by atoms with Gasteiger partial charge in [-0.15, -0.1) is 0 Å². The van der Waals surface area contributed by atoms with Gasteiger partial charge in [-0.25, -0.2) is 14.4 Å². The fourth-order valence-electron chi connectivity index (χ4n) is 1.69. The molecule has 1 heterocycles. The molecule has 100 valence electrons. The summed E-state index contributed by atoms with van der Waals surface area (Å²) in [5, 5.41) is 8.87. The lowest BCUT2D eigenvalue weighted by Gasteiger charge is -2.24. The predicted molar refractivity (Wildman–Crippen MR) is 66.1 cm³/mol. The Hall–Kier alpha value is -1.72. The van der Waals surface area contributed by atoms with Crippen LogP contribution in [0, 0.1) is 11.7 Å². The van der Waals surface area contributed by atoms with E-state index in [1.165, 1.54) is 11.2 Å². The molecule has 1 aromatic heterocycles. The van der Waals surface area contributed by atoms with Crippen molar-refractivity contribution < 1.29 is 14.3 Å². The van der Waals surface area contributed by atoms with E-state index >= 15 is 0 Å². The number of carboxylic acid groups (broad SMARTS) is 1. The van der Waals surface area contributed by atoms with Crippen molar-refractivity contribution in [3.8, 4) is 0 Å². The molecule has 0 bridgehead atoms. The minimum absolute atomic E-state index is 0.0675. The van der Waals surface area contributed by atoms with Gasteiger partial charge in [-0.3, -0.25) is 4.79 Å². The zero-order valence-corrected chi connectivity index (χ0v) is 10.9. The van der Waals surface area contributed by atoms with Gasteiger partial charge in [0.25, 0.3) is 0 Å². The molecule has 1 rings (SSSR count). The highest BCUT2D eigenvalue weighted by atomic mass is 19.1. The van der Waals surface area contributed by atoms with Crippen molar-refractivity contribution in [1.82, 2.24) is 9.97 Å². The van der Waals surface area contributed by atoms with Crippen LogP contribution in [0.5, 0.6) is 0 Å². The van der Waals surface area contributed by atoms with Gasteiger partial charge in [-0.05, 0) is 12.3 Å². The summed E-state index contributed by atoms with van der Waals surface area (Å²) in [6, 6.07) is 0. The summed E-state index contributed by atoms with van der Waals surface area (Å²) in [6.07, 6.45) is 1.72. The van der Waals surface area contributed by atoms with Gasteiger partial charge >= 0.3 is 5.97 Å². The third-order valence-electron chi connectivity index (χ3n) is 2.39. The van der Waals surface area contributed by atoms with Gasteiger partial charge in [-0.2, -0.15) is 0 Å². The Morgan fingerprint density at radius 2 is 2.17 bits per heavy atom. The van der Waals surface area contributed by atoms with Gasteiger partial charge < -0.3 is 10.0 Å². The number of rotatable bonds is 6. The molecule has 0 atom stereocenters. The van der Waals surface area contributed by atoms with E-state index in [1.54, 1.807) is 6.92 Å². The second-order valence-electron chi connectivity index (χ2n) is 4.48. The van der Waals surface area contributed by atoms with Gasteiger partial charge in [0.05, 0.1) is 5.69 Å². The number of aryl methyl sites for hydroxylation is 1. The van der Waals surface area contributed by atoms with Crippen molar-refractivity contribution in [3.05, 3.63) is 17.8 Å². The lowest BCUT2D eigenvalue weighted by atomic mass is 10.2. The van der Waals surface area contributed by atoms with Crippen molar-refractivity contribution in [2.45, 2.75) is 27.2 Å². The Morgan fingerprint density at radius 1 is 1.50 bits per heavy atom. The second-order valence-corrected chi connectivity index (χ2v) is 4.48.